The van der Waals surface area contributed by atoms with Gasteiger partial charge in [0, 0.05) is 16.8 Å². The molecule has 11 heteroatoms. The lowest BCUT2D eigenvalue weighted by molar-refractivity contribution is 0.434. The lowest BCUT2D eigenvalue weighted by Gasteiger charge is -2.24. The van der Waals surface area contributed by atoms with Gasteiger partial charge in [-0.25, -0.2) is 12.8 Å². The number of aromatic amines is 1. The maximum atomic E-state index is 14.1. The molecule has 1 fully saturated rings. The van der Waals surface area contributed by atoms with E-state index in [2.05, 4.69) is 36.6 Å². The molecule has 0 aliphatic carbocycles. The number of hydrogen-bond donors (Lipinski definition) is 1. The quantitative estimate of drug-likeness (QED) is 0.630. The van der Waals surface area contributed by atoms with Gasteiger partial charge in [0.1, 0.15) is 5.82 Å². The van der Waals surface area contributed by atoms with Crippen molar-refractivity contribution in [2.75, 3.05) is 12.3 Å². The first-order chi connectivity index (χ1) is 13.0. The van der Waals surface area contributed by atoms with Gasteiger partial charge < -0.3 is 0 Å². The number of tetrazole rings is 1. The van der Waals surface area contributed by atoms with Crippen LogP contribution in [-0.2, 0) is 10.0 Å². The van der Waals surface area contributed by atoms with Gasteiger partial charge >= 0.3 is 0 Å². The van der Waals surface area contributed by atoms with Crippen LogP contribution in [0.4, 0.5) is 4.39 Å². The summed E-state index contributed by atoms with van der Waals surface area (Å²) in [5.74, 6) is 0.0687. The molecular formula is C16H13BrFN5O2S2. The van der Waals surface area contributed by atoms with Crippen molar-refractivity contribution in [3.63, 3.8) is 0 Å². The van der Waals surface area contributed by atoms with E-state index in [4.69, 9.17) is 0 Å². The van der Waals surface area contributed by atoms with Crippen molar-refractivity contribution in [1.82, 2.24) is 24.9 Å². The number of thioether (sulfide) groups is 1. The summed E-state index contributed by atoms with van der Waals surface area (Å²) in [6.45, 7) is 0.378. The third kappa shape index (κ3) is 3.51. The first-order valence-corrected chi connectivity index (χ1v) is 11.2. The van der Waals surface area contributed by atoms with Crippen molar-refractivity contribution < 1.29 is 12.8 Å². The standard InChI is InChI=1S/C16H13BrFN5O2S2/c17-11-3-1-10(2-4-11)16-23(7-8-26-16)27(24,25)12-5-6-14(18)13(9-12)15-19-21-22-20-15/h1-6,9,16H,7-8H2,(H,19,20,21,22). The van der Waals surface area contributed by atoms with Gasteiger partial charge in [0.15, 0.2) is 0 Å². The Balaban J connectivity index is 1.72. The molecule has 140 valence electrons. The minimum atomic E-state index is -3.83. The van der Waals surface area contributed by atoms with Crippen LogP contribution < -0.4 is 0 Å². The second kappa shape index (κ2) is 7.30. The first-order valence-electron chi connectivity index (χ1n) is 7.89. The van der Waals surface area contributed by atoms with Crippen LogP contribution in [0.1, 0.15) is 10.9 Å². The molecule has 1 aliphatic heterocycles. The van der Waals surface area contributed by atoms with Crippen molar-refractivity contribution in [2.45, 2.75) is 10.3 Å². The van der Waals surface area contributed by atoms with Crippen molar-refractivity contribution in [2.24, 2.45) is 0 Å². The minimum Gasteiger partial charge on any atom is -0.207 e. The topological polar surface area (TPSA) is 91.8 Å². The van der Waals surface area contributed by atoms with E-state index >= 15 is 0 Å². The number of aromatic nitrogens is 4. The Morgan fingerprint density at radius 3 is 2.70 bits per heavy atom. The molecule has 1 aliphatic rings. The summed E-state index contributed by atoms with van der Waals surface area (Å²) < 4.78 is 43.0. The summed E-state index contributed by atoms with van der Waals surface area (Å²) in [5, 5.41) is 12.8. The number of hydrogen-bond acceptors (Lipinski definition) is 6. The van der Waals surface area contributed by atoms with E-state index in [0.29, 0.717) is 12.3 Å². The Bertz CT molecular complexity index is 1060. The lowest BCUT2D eigenvalue weighted by atomic mass is 10.2. The Kier molecular flexibility index (Phi) is 5.01. The highest BCUT2D eigenvalue weighted by Crippen LogP contribution is 2.42. The summed E-state index contributed by atoms with van der Waals surface area (Å²) in [6, 6.07) is 11.2. The van der Waals surface area contributed by atoms with Crippen LogP contribution >= 0.6 is 27.7 Å². The number of halogens is 2. The van der Waals surface area contributed by atoms with Crippen LogP contribution in [-0.4, -0.2) is 45.6 Å². The molecule has 4 rings (SSSR count). The highest BCUT2D eigenvalue weighted by atomic mass is 79.9. The third-order valence-electron chi connectivity index (χ3n) is 4.13. The fraction of sp³-hybridized carbons (Fsp3) is 0.188. The highest BCUT2D eigenvalue weighted by Gasteiger charge is 2.37. The Hall–Kier alpha value is -1.82. The van der Waals surface area contributed by atoms with E-state index in [1.165, 1.54) is 16.4 Å². The third-order valence-corrected chi connectivity index (χ3v) is 7.92. The van der Waals surface area contributed by atoms with Crippen molar-refractivity contribution in [1.29, 1.82) is 0 Å². The largest absolute Gasteiger partial charge is 0.244 e. The summed E-state index contributed by atoms with van der Waals surface area (Å²) >= 11 is 4.94. The second-order valence-corrected chi connectivity index (χ2v) is 9.76. The van der Waals surface area contributed by atoms with Crippen LogP contribution in [0.5, 0.6) is 0 Å². The van der Waals surface area contributed by atoms with Gasteiger partial charge in [0.05, 0.1) is 15.8 Å². The van der Waals surface area contributed by atoms with E-state index < -0.39 is 15.8 Å². The second-order valence-electron chi connectivity index (χ2n) is 5.77. The van der Waals surface area contributed by atoms with Crippen molar-refractivity contribution in [3.05, 3.63) is 58.3 Å². The predicted octanol–water partition coefficient (Wildman–Crippen LogP) is 3.20. The average Bonchev–Trinajstić information content (AvgIpc) is 3.35. The zero-order valence-corrected chi connectivity index (χ0v) is 16.9. The van der Waals surface area contributed by atoms with E-state index in [9.17, 15) is 12.8 Å². The van der Waals surface area contributed by atoms with E-state index in [-0.39, 0.29) is 21.7 Å². The predicted molar refractivity (Wildman–Crippen MR) is 103 cm³/mol. The van der Waals surface area contributed by atoms with Crippen LogP contribution in [0.3, 0.4) is 0 Å². The minimum absolute atomic E-state index is 0.00445. The van der Waals surface area contributed by atoms with Gasteiger partial charge in [-0.2, -0.15) is 9.52 Å². The molecule has 1 saturated heterocycles. The Morgan fingerprint density at radius 1 is 1.22 bits per heavy atom. The number of nitrogens with zero attached hydrogens (tertiary/aromatic N) is 4. The molecule has 1 N–H and O–H groups in total. The number of H-pyrrole nitrogens is 1. The molecule has 7 nitrogen and oxygen atoms in total. The Labute approximate surface area is 167 Å². The molecule has 0 spiro atoms. The molecule has 1 aromatic heterocycles. The van der Waals surface area contributed by atoms with Gasteiger partial charge in [0.2, 0.25) is 15.8 Å². The number of sulfonamides is 1. The molecular weight excluding hydrogens is 457 g/mol. The average molecular weight is 470 g/mol. The van der Waals surface area contributed by atoms with Gasteiger partial charge in [-0.1, -0.05) is 28.1 Å². The molecule has 0 bridgehead atoms. The normalized spacial score (nSPS) is 18.1. The van der Waals surface area contributed by atoms with Gasteiger partial charge in [-0.3, -0.25) is 0 Å². The van der Waals surface area contributed by atoms with Gasteiger partial charge in [-0.15, -0.1) is 22.0 Å². The smallest absolute Gasteiger partial charge is 0.207 e. The monoisotopic (exact) mass is 469 g/mol. The summed E-state index contributed by atoms with van der Waals surface area (Å²) in [5.41, 5.74) is 0.877. The molecule has 2 heterocycles. The summed E-state index contributed by atoms with van der Waals surface area (Å²) in [4.78, 5) is -0.00619. The Morgan fingerprint density at radius 2 is 2.00 bits per heavy atom. The zero-order valence-electron chi connectivity index (χ0n) is 13.7. The number of nitrogens with one attached hydrogen (secondary N) is 1. The zero-order chi connectivity index (χ0) is 19.0. The van der Waals surface area contributed by atoms with Crippen LogP contribution in [0.15, 0.2) is 51.8 Å². The molecule has 0 saturated carbocycles. The fourth-order valence-electron chi connectivity index (χ4n) is 2.84. The molecule has 0 radical (unpaired) electrons. The molecule has 0 amide bonds. The number of rotatable bonds is 4. The fourth-order valence-corrected chi connectivity index (χ4v) is 6.37. The van der Waals surface area contributed by atoms with E-state index in [0.717, 1.165) is 16.1 Å². The molecule has 27 heavy (non-hydrogen) atoms. The molecule has 2 aromatic carbocycles. The SMILES string of the molecule is O=S(=O)(c1ccc(F)c(-c2nn[nH]n2)c1)N1CCSC1c1ccc(Br)cc1. The van der Waals surface area contributed by atoms with Gasteiger partial charge in [0.25, 0.3) is 0 Å². The van der Waals surface area contributed by atoms with Crippen LogP contribution in [0.25, 0.3) is 11.4 Å². The maximum absolute atomic E-state index is 14.1. The van der Waals surface area contributed by atoms with Crippen LogP contribution in [0.2, 0.25) is 0 Å². The molecule has 3 aromatic rings. The van der Waals surface area contributed by atoms with E-state index in [1.807, 2.05) is 24.3 Å². The first kappa shape index (κ1) is 18.5. The summed E-state index contributed by atoms with van der Waals surface area (Å²) in [7, 11) is -3.83. The van der Waals surface area contributed by atoms with Crippen LogP contribution in [0, 0.1) is 5.82 Å². The molecule has 1 atom stereocenters. The number of benzene rings is 2. The van der Waals surface area contributed by atoms with E-state index in [1.54, 1.807) is 11.8 Å². The highest BCUT2D eigenvalue weighted by molar-refractivity contribution is 9.10. The van der Waals surface area contributed by atoms with Crippen molar-refractivity contribution >= 4 is 37.7 Å². The lowest BCUT2D eigenvalue weighted by Crippen LogP contribution is -2.30. The summed E-state index contributed by atoms with van der Waals surface area (Å²) in [6.07, 6.45) is 0. The van der Waals surface area contributed by atoms with Gasteiger partial charge in [-0.05, 0) is 41.1 Å². The molecule has 1 unspecified atom stereocenters. The van der Waals surface area contributed by atoms with Crippen molar-refractivity contribution in [3.8, 4) is 11.4 Å². The maximum Gasteiger partial charge on any atom is 0.244 e.